The molecule has 0 aromatic carbocycles. The lowest BCUT2D eigenvalue weighted by molar-refractivity contribution is -0.138. The van der Waals surface area contributed by atoms with Crippen molar-refractivity contribution in [1.82, 2.24) is 14.5 Å². The van der Waals surface area contributed by atoms with Crippen molar-refractivity contribution in [3.05, 3.63) is 18.2 Å². The molecule has 0 saturated carbocycles. The molecule has 1 aromatic rings. The molecule has 0 aliphatic heterocycles. The van der Waals surface area contributed by atoms with Crippen molar-refractivity contribution < 1.29 is 9.90 Å². The number of carboxylic acids is 1. The lowest BCUT2D eigenvalue weighted by Gasteiger charge is -2.17. The summed E-state index contributed by atoms with van der Waals surface area (Å²) in [6, 6.07) is 0.348. The van der Waals surface area contributed by atoms with Crippen molar-refractivity contribution in [1.29, 1.82) is 0 Å². The lowest BCUT2D eigenvalue weighted by atomic mass is 10.3. The Kier molecular flexibility index (Phi) is 3.85. The number of carboxylic acid groups (broad SMARTS) is 1. The summed E-state index contributed by atoms with van der Waals surface area (Å²) in [5.74, 6) is -0.812. The van der Waals surface area contributed by atoms with Gasteiger partial charge in [0.1, 0.15) is 0 Å². The van der Waals surface area contributed by atoms with Crippen molar-refractivity contribution in [3.8, 4) is 0 Å². The van der Waals surface area contributed by atoms with Crippen LogP contribution in [0.1, 0.15) is 25.6 Å². The Labute approximate surface area is 89.3 Å². The average Bonchev–Trinajstić information content (AvgIpc) is 2.50. The van der Waals surface area contributed by atoms with Gasteiger partial charge < -0.3 is 9.67 Å². The fraction of sp³-hybridized carbons (Fsp3) is 0.600. The first-order valence-electron chi connectivity index (χ1n) is 4.91. The van der Waals surface area contributed by atoms with Crippen molar-refractivity contribution in [3.63, 3.8) is 0 Å². The summed E-state index contributed by atoms with van der Waals surface area (Å²) in [5.41, 5.74) is 1.04. The molecule has 0 spiro atoms. The molecule has 0 aliphatic carbocycles. The van der Waals surface area contributed by atoms with E-state index in [9.17, 15) is 4.79 Å². The maximum absolute atomic E-state index is 10.5. The molecule has 0 unspecified atom stereocenters. The molecule has 0 atom stereocenters. The van der Waals surface area contributed by atoms with Crippen LogP contribution < -0.4 is 0 Å². The number of aliphatic carboxylic acids is 1. The summed E-state index contributed by atoms with van der Waals surface area (Å²) in [5, 5.41) is 8.63. The first kappa shape index (κ1) is 11.7. The number of nitrogens with zero attached hydrogens (tertiary/aromatic N) is 3. The van der Waals surface area contributed by atoms with Crippen molar-refractivity contribution in [2.45, 2.75) is 26.4 Å². The molecule has 0 aliphatic rings. The minimum Gasteiger partial charge on any atom is -0.480 e. The topological polar surface area (TPSA) is 58.4 Å². The summed E-state index contributed by atoms with van der Waals surface area (Å²) < 4.78 is 2.04. The van der Waals surface area contributed by atoms with E-state index in [-0.39, 0.29) is 6.54 Å². The first-order chi connectivity index (χ1) is 7.00. The van der Waals surface area contributed by atoms with Gasteiger partial charge in [0.25, 0.3) is 0 Å². The molecular weight excluding hydrogens is 194 g/mol. The highest BCUT2D eigenvalue weighted by Crippen LogP contribution is 2.10. The van der Waals surface area contributed by atoms with Gasteiger partial charge in [0.05, 0.1) is 18.6 Å². The molecule has 1 heterocycles. The summed E-state index contributed by atoms with van der Waals surface area (Å²) >= 11 is 0. The van der Waals surface area contributed by atoms with Crippen molar-refractivity contribution >= 4 is 5.97 Å². The fourth-order valence-corrected chi connectivity index (χ4v) is 1.48. The van der Waals surface area contributed by atoms with Gasteiger partial charge in [-0.25, -0.2) is 4.98 Å². The number of hydrogen-bond donors (Lipinski definition) is 1. The van der Waals surface area contributed by atoms with Gasteiger partial charge in [-0.3, -0.25) is 9.69 Å². The zero-order chi connectivity index (χ0) is 11.4. The van der Waals surface area contributed by atoms with E-state index in [4.69, 9.17) is 5.11 Å². The van der Waals surface area contributed by atoms with Gasteiger partial charge in [0, 0.05) is 18.8 Å². The molecule has 1 aromatic heterocycles. The predicted octanol–water partition coefficient (Wildman–Crippen LogP) is 0.980. The molecule has 0 bridgehead atoms. The molecule has 1 N–H and O–H groups in total. The Morgan fingerprint density at radius 1 is 1.67 bits per heavy atom. The Balaban J connectivity index is 2.63. The number of imidazole rings is 1. The second-order valence-corrected chi connectivity index (χ2v) is 3.95. The van der Waals surface area contributed by atoms with Crippen LogP contribution in [0.4, 0.5) is 0 Å². The number of carbonyl (C=O) groups is 1. The summed E-state index contributed by atoms with van der Waals surface area (Å²) in [6.07, 6.45) is 3.55. The average molecular weight is 211 g/mol. The van der Waals surface area contributed by atoms with Crippen LogP contribution in [-0.4, -0.2) is 39.1 Å². The molecule has 0 saturated heterocycles. The van der Waals surface area contributed by atoms with Crippen molar-refractivity contribution in [2.75, 3.05) is 13.6 Å². The Morgan fingerprint density at radius 2 is 2.33 bits per heavy atom. The van der Waals surface area contributed by atoms with Gasteiger partial charge >= 0.3 is 5.97 Å². The van der Waals surface area contributed by atoms with E-state index >= 15 is 0 Å². The van der Waals surface area contributed by atoms with Gasteiger partial charge in [0.15, 0.2) is 0 Å². The normalized spacial score (nSPS) is 11.3. The molecule has 0 radical (unpaired) electrons. The fourth-order valence-electron chi connectivity index (χ4n) is 1.48. The number of rotatable bonds is 5. The second kappa shape index (κ2) is 4.93. The van der Waals surface area contributed by atoms with E-state index in [0.717, 1.165) is 5.69 Å². The van der Waals surface area contributed by atoms with E-state index < -0.39 is 5.97 Å². The van der Waals surface area contributed by atoms with Crippen LogP contribution in [0, 0.1) is 0 Å². The smallest absolute Gasteiger partial charge is 0.317 e. The van der Waals surface area contributed by atoms with Crippen LogP contribution in [0.3, 0.4) is 0 Å². The molecule has 5 heteroatoms. The molecule has 0 fully saturated rings. The van der Waals surface area contributed by atoms with Crippen molar-refractivity contribution in [2.24, 2.45) is 0 Å². The molecule has 15 heavy (non-hydrogen) atoms. The second-order valence-electron chi connectivity index (χ2n) is 3.95. The van der Waals surface area contributed by atoms with Gasteiger partial charge in [-0.05, 0) is 20.9 Å². The Hall–Kier alpha value is -1.36. The van der Waals surface area contributed by atoms with Gasteiger partial charge in [-0.1, -0.05) is 0 Å². The molecule has 5 nitrogen and oxygen atoms in total. The van der Waals surface area contributed by atoms with Gasteiger partial charge in [-0.15, -0.1) is 0 Å². The van der Waals surface area contributed by atoms with E-state index in [1.807, 2.05) is 4.57 Å². The van der Waals surface area contributed by atoms with Crippen LogP contribution in [-0.2, 0) is 11.3 Å². The highest BCUT2D eigenvalue weighted by molar-refractivity contribution is 5.68. The minimum atomic E-state index is -0.812. The Morgan fingerprint density at radius 3 is 2.87 bits per heavy atom. The van der Waals surface area contributed by atoms with Gasteiger partial charge in [0.2, 0.25) is 0 Å². The predicted molar refractivity (Wildman–Crippen MR) is 56.6 cm³/mol. The third-order valence-electron chi connectivity index (χ3n) is 2.14. The van der Waals surface area contributed by atoms with E-state index in [1.165, 1.54) is 0 Å². The van der Waals surface area contributed by atoms with Crippen LogP contribution in [0.5, 0.6) is 0 Å². The summed E-state index contributed by atoms with van der Waals surface area (Å²) in [4.78, 5) is 16.3. The number of likely N-dealkylation sites (N-methyl/N-ethyl adjacent to an activating group) is 1. The zero-order valence-electron chi connectivity index (χ0n) is 9.34. The van der Waals surface area contributed by atoms with Crippen LogP contribution in [0.15, 0.2) is 12.5 Å². The minimum absolute atomic E-state index is 0.0449. The highest BCUT2D eigenvalue weighted by atomic mass is 16.4. The first-order valence-corrected chi connectivity index (χ1v) is 4.91. The van der Waals surface area contributed by atoms with E-state index in [1.54, 1.807) is 24.5 Å². The van der Waals surface area contributed by atoms with Crippen LogP contribution in [0.25, 0.3) is 0 Å². The quantitative estimate of drug-likeness (QED) is 0.788. The zero-order valence-corrected chi connectivity index (χ0v) is 9.34. The number of hydrogen-bond acceptors (Lipinski definition) is 3. The molecule has 0 amide bonds. The molecular formula is C10H17N3O2. The maximum Gasteiger partial charge on any atom is 0.317 e. The Bertz CT molecular complexity index is 333. The highest BCUT2D eigenvalue weighted by Gasteiger charge is 2.09. The third-order valence-corrected chi connectivity index (χ3v) is 2.14. The maximum atomic E-state index is 10.5. The van der Waals surface area contributed by atoms with E-state index in [2.05, 4.69) is 18.8 Å². The standard InChI is InChI=1S/C10H17N3O2/c1-8(2)13-7-11-4-9(13)5-12(3)6-10(14)15/h4,7-8H,5-6H2,1-3H3,(H,14,15). The summed E-state index contributed by atoms with van der Waals surface area (Å²) in [6.45, 7) is 4.79. The molecule has 1 rings (SSSR count). The molecule has 84 valence electrons. The number of aromatic nitrogens is 2. The summed E-state index contributed by atoms with van der Waals surface area (Å²) in [7, 11) is 1.78. The van der Waals surface area contributed by atoms with Gasteiger partial charge in [-0.2, -0.15) is 0 Å². The van der Waals surface area contributed by atoms with E-state index in [0.29, 0.717) is 12.6 Å². The van der Waals surface area contributed by atoms with Crippen LogP contribution in [0.2, 0.25) is 0 Å². The lowest BCUT2D eigenvalue weighted by Crippen LogP contribution is -2.26. The van der Waals surface area contributed by atoms with Crippen LogP contribution >= 0.6 is 0 Å². The monoisotopic (exact) mass is 211 g/mol. The largest absolute Gasteiger partial charge is 0.480 e. The SMILES string of the molecule is CC(C)n1cncc1CN(C)CC(=O)O. The third kappa shape index (κ3) is 3.36.